The number of hydrogen-bond acceptors (Lipinski definition) is 4. The molecule has 0 heterocycles. The Hall–Kier alpha value is -0.160. The van der Waals surface area contributed by atoms with E-state index in [-0.39, 0.29) is 6.61 Å². The monoisotopic (exact) mass is 208 g/mol. The van der Waals surface area contributed by atoms with Crippen LogP contribution in [-0.2, 0) is 0 Å². The summed E-state index contributed by atoms with van der Waals surface area (Å²) in [5.74, 6) is 0. The van der Waals surface area contributed by atoms with Gasteiger partial charge in [-0.1, -0.05) is 33.1 Å². The smallest absolute Gasteiger partial charge is 0.151 e. The predicted octanol–water partition coefficient (Wildman–Crippen LogP) is 0.627. The zero-order valence-electron chi connectivity index (χ0n) is 9.19. The number of rotatable bonds is 6. The summed E-state index contributed by atoms with van der Waals surface area (Å²) in [4.78, 5) is 0. The molecule has 0 aromatic carbocycles. The minimum atomic E-state index is -1.10. The second-order valence-corrected chi connectivity index (χ2v) is 3.25. The van der Waals surface area contributed by atoms with Crippen molar-refractivity contribution < 1.29 is 20.4 Å². The average Bonchev–Trinajstić information content (AvgIpc) is 2.15. The van der Waals surface area contributed by atoms with Crippen molar-refractivity contribution in [3.8, 4) is 0 Å². The minimum absolute atomic E-state index is 0.0972. The van der Waals surface area contributed by atoms with Gasteiger partial charge >= 0.3 is 0 Å². The molecule has 0 bridgehead atoms. The van der Waals surface area contributed by atoms with E-state index in [0.29, 0.717) is 6.42 Å². The number of aliphatic hydroxyl groups is 4. The molecule has 4 heteroatoms. The summed E-state index contributed by atoms with van der Waals surface area (Å²) in [5, 5.41) is 33.3. The van der Waals surface area contributed by atoms with Crippen molar-refractivity contribution in [1.82, 2.24) is 0 Å². The Morgan fingerprint density at radius 3 is 1.71 bits per heavy atom. The lowest BCUT2D eigenvalue weighted by atomic mass is 10.2. The van der Waals surface area contributed by atoms with Crippen LogP contribution in [0.4, 0.5) is 0 Å². The van der Waals surface area contributed by atoms with Crippen LogP contribution in [0.2, 0.25) is 0 Å². The van der Waals surface area contributed by atoms with Crippen molar-refractivity contribution in [3.63, 3.8) is 0 Å². The van der Waals surface area contributed by atoms with E-state index in [1.54, 1.807) is 0 Å². The van der Waals surface area contributed by atoms with Crippen molar-refractivity contribution in [2.45, 2.75) is 58.3 Å². The molecule has 0 saturated carbocycles. The van der Waals surface area contributed by atoms with Crippen molar-refractivity contribution >= 4 is 0 Å². The quantitative estimate of drug-likeness (QED) is 0.483. The molecule has 0 fully saturated rings. The lowest BCUT2D eigenvalue weighted by Gasteiger charge is -2.02. The molecule has 1 atom stereocenters. The summed E-state index contributed by atoms with van der Waals surface area (Å²) in [6.07, 6.45) is 2.54. The number of aliphatic hydroxyl groups excluding tert-OH is 3. The van der Waals surface area contributed by atoms with E-state index >= 15 is 0 Å². The first kappa shape index (κ1) is 16.3. The van der Waals surface area contributed by atoms with Gasteiger partial charge in [-0.25, -0.2) is 0 Å². The molecule has 0 aromatic heterocycles. The summed E-state index contributed by atoms with van der Waals surface area (Å²) < 4.78 is 0. The summed E-state index contributed by atoms with van der Waals surface area (Å²) >= 11 is 0. The summed E-state index contributed by atoms with van der Waals surface area (Å²) in [5.41, 5.74) is 0. The van der Waals surface area contributed by atoms with Gasteiger partial charge in [0.2, 0.25) is 0 Å². The third-order valence-electron chi connectivity index (χ3n) is 1.65. The Bertz CT molecular complexity index is 96.1. The fourth-order valence-electron chi connectivity index (χ4n) is 0.789. The van der Waals surface area contributed by atoms with Gasteiger partial charge in [0.1, 0.15) is 0 Å². The van der Waals surface area contributed by atoms with E-state index in [0.717, 1.165) is 25.7 Å². The first-order chi connectivity index (χ1) is 6.58. The molecule has 88 valence electrons. The van der Waals surface area contributed by atoms with E-state index in [1.807, 2.05) is 6.92 Å². The summed E-state index contributed by atoms with van der Waals surface area (Å²) in [6, 6.07) is 0. The van der Waals surface area contributed by atoms with E-state index in [4.69, 9.17) is 20.4 Å². The Kier molecular flexibility index (Phi) is 14.9. The molecule has 0 aliphatic heterocycles. The number of hydrogen-bond donors (Lipinski definition) is 4. The summed E-state index contributed by atoms with van der Waals surface area (Å²) in [6.45, 7) is 3.86. The zero-order valence-corrected chi connectivity index (χ0v) is 9.19. The highest BCUT2D eigenvalue weighted by Gasteiger charge is 1.97. The van der Waals surface area contributed by atoms with Gasteiger partial charge in [-0.2, -0.15) is 0 Å². The molecule has 0 amide bonds. The minimum Gasteiger partial charge on any atom is -0.394 e. The molecule has 0 saturated heterocycles. The van der Waals surface area contributed by atoms with E-state index in [9.17, 15) is 0 Å². The Balaban J connectivity index is 0. The highest BCUT2D eigenvalue weighted by molar-refractivity contribution is 4.50. The second kappa shape index (κ2) is 12.8. The van der Waals surface area contributed by atoms with E-state index < -0.39 is 12.4 Å². The third kappa shape index (κ3) is 17.8. The van der Waals surface area contributed by atoms with Gasteiger partial charge < -0.3 is 20.4 Å². The first-order valence-electron chi connectivity index (χ1n) is 5.23. The van der Waals surface area contributed by atoms with E-state index in [1.165, 1.54) is 0 Å². The van der Waals surface area contributed by atoms with Crippen molar-refractivity contribution in [2.24, 2.45) is 0 Å². The highest BCUT2D eigenvalue weighted by atomic mass is 16.5. The van der Waals surface area contributed by atoms with Crippen LogP contribution in [0.3, 0.4) is 0 Å². The molecular formula is C10H24O4. The Morgan fingerprint density at radius 2 is 1.50 bits per heavy atom. The lowest BCUT2D eigenvalue weighted by Crippen LogP contribution is -2.10. The van der Waals surface area contributed by atoms with E-state index in [2.05, 4.69) is 6.92 Å². The van der Waals surface area contributed by atoms with Crippen molar-refractivity contribution in [1.29, 1.82) is 0 Å². The highest BCUT2D eigenvalue weighted by Crippen LogP contribution is 1.97. The molecule has 0 spiro atoms. The molecule has 1 unspecified atom stereocenters. The summed E-state index contributed by atoms with van der Waals surface area (Å²) in [7, 11) is 0. The fraction of sp³-hybridized carbons (Fsp3) is 1.00. The molecule has 0 aromatic rings. The van der Waals surface area contributed by atoms with Crippen LogP contribution in [0.5, 0.6) is 0 Å². The molecule has 4 nitrogen and oxygen atoms in total. The molecule has 0 radical (unpaired) electrons. The van der Waals surface area contributed by atoms with Crippen LogP contribution < -0.4 is 0 Å². The van der Waals surface area contributed by atoms with Gasteiger partial charge in [-0.15, -0.1) is 0 Å². The normalized spacial score (nSPS) is 12.2. The molecular weight excluding hydrogens is 184 g/mol. The Labute approximate surface area is 86.2 Å². The van der Waals surface area contributed by atoms with Crippen molar-refractivity contribution in [2.75, 3.05) is 6.61 Å². The molecule has 0 aliphatic rings. The van der Waals surface area contributed by atoms with Gasteiger partial charge in [0.05, 0.1) is 12.7 Å². The predicted molar refractivity (Wildman–Crippen MR) is 55.8 cm³/mol. The standard InChI is InChI=1S/C6H14O2.C4H10O2/c1-2-3-4-6(8)5-7;1-2-3-4(5)6/h6-8H,2-5H2,1H3;4-6H,2-3H2,1H3. The number of unbranched alkanes of at least 4 members (excludes halogenated alkanes) is 1. The van der Waals surface area contributed by atoms with Crippen molar-refractivity contribution in [3.05, 3.63) is 0 Å². The largest absolute Gasteiger partial charge is 0.394 e. The lowest BCUT2D eigenvalue weighted by molar-refractivity contribution is -0.0453. The molecule has 14 heavy (non-hydrogen) atoms. The van der Waals surface area contributed by atoms with Gasteiger partial charge in [-0.05, 0) is 12.8 Å². The average molecular weight is 208 g/mol. The molecule has 0 aliphatic carbocycles. The third-order valence-corrected chi connectivity index (χ3v) is 1.65. The van der Waals surface area contributed by atoms with Gasteiger partial charge in [0, 0.05) is 0 Å². The van der Waals surface area contributed by atoms with Crippen LogP contribution >= 0.6 is 0 Å². The van der Waals surface area contributed by atoms with Gasteiger partial charge in [-0.3, -0.25) is 0 Å². The molecule has 0 rings (SSSR count). The van der Waals surface area contributed by atoms with Crippen LogP contribution in [-0.4, -0.2) is 39.4 Å². The van der Waals surface area contributed by atoms with Crippen LogP contribution in [0.15, 0.2) is 0 Å². The zero-order chi connectivity index (χ0) is 11.4. The van der Waals surface area contributed by atoms with Crippen LogP contribution in [0, 0.1) is 0 Å². The first-order valence-corrected chi connectivity index (χ1v) is 5.23. The maximum absolute atomic E-state index is 8.74. The van der Waals surface area contributed by atoms with Crippen LogP contribution in [0.1, 0.15) is 46.0 Å². The topological polar surface area (TPSA) is 80.9 Å². The van der Waals surface area contributed by atoms with Gasteiger partial charge in [0.15, 0.2) is 6.29 Å². The molecule has 4 N–H and O–H groups in total. The fourth-order valence-corrected chi connectivity index (χ4v) is 0.789. The maximum atomic E-state index is 8.74. The Morgan fingerprint density at radius 1 is 0.929 bits per heavy atom. The van der Waals surface area contributed by atoms with Gasteiger partial charge in [0.25, 0.3) is 0 Å². The SMILES string of the molecule is CCCC(O)O.CCCCC(O)CO. The second-order valence-electron chi connectivity index (χ2n) is 3.25. The maximum Gasteiger partial charge on any atom is 0.151 e. The van der Waals surface area contributed by atoms with Crippen LogP contribution in [0.25, 0.3) is 0 Å².